The summed E-state index contributed by atoms with van der Waals surface area (Å²) < 4.78 is 16.1. The minimum atomic E-state index is 0.593. The first-order chi connectivity index (χ1) is 14.2. The molecule has 0 aliphatic heterocycles. The molecule has 6 heteroatoms. The van der Waals surface area contributed by atoms with Crippen LogP contribution < -0.4 is 19.5 Å². The molecule has 0 saturated carbocycles. The summed E-state index contributed by atoms with van der Waals surface area (Å²) in [6, 6.07) is 21.3. The van der Waals surface area contributed by atoms with E-state index in [1.54, 1.807) is 21.3 Å². The lowest BCUT2D eigenvalue weighted by molar-refractivity contribution is 0.355. The number of rotatable bonds is 6. The molecule has 0 aliphatic rings. The highest BCUT2D eigenvalue weighted by Crippen LogP contribution is 2.33. The van der Waals surface area contributed by atoms with Crippen LogP contribution in [0.2, 0.25) is 0 Å². The summed E-state index contributed by atoms with van der Waals surface area (Å²) in [7, 11) is 4.87. The maximum Gasteiger partial charge on any atom is 0.162 e. The van der Waals surface area contributed by atoms with Gasteiger partial charge in [0, 0.05) is 22.7 Å². The number of hydrogen-bond acceptors (Lipinski definition) is 6. The van der Waals surface area contributed by atoms with Crippen LogP contribution in [0.3, 0.4) is 0 Å². The predicted molar refractivity (Wildman–Crippen MR) is 114 cm³/mol. The number of hydrogen-bond donors (Lipinski definition) is 1. The number of ether oxygens (including phenoxy) is 3. The summed E-state index contributed by atoms with van der Waals surface area (Å²) in [5.41, 5.74) is 2.56. The fourth-order valence-corrected chi connectivity index (χ4v) is 3.11. The Morgan fingerprint density at radius 2 is 1.55 bits per heavy atom. The first-order valence-corrected chi connectivity index (χ1v) is 9.12. The average Bonchev–Trinajstić information content (AvgIpc) is 2.78. The maximum atomic E-state index is 5.43. The number of aromatic nitrogens is 2. The topological polar surface area (TPSA) is 65.5 Å². The zero-order valence-corrected chi connectivity index (χ0v) is 16.5. The second kappa shape index (κ2) is 8.06. The van der Waals surface area contributed by atoms with Crippen molar-refractivity contribution in [3.63, 3.8) is 0 Å². The van der Waals surface area contributed by atoms with E-state index in [0.717, 1.165) is 27.9 Å². The molecule has 0 saturated heterocycles. The SMILES string of the molecule is COc1cccc(Nc2nc(-c3ccc(OC)c(OC)c3)nc3ccccc23)c1. The first-order valence-electron chi connectivity index (χ1n) is 9.12. The standard InChI is InChI=1S/C23H21N3O3/c1-27-17-8-6-7-16(14-17)24-23-18-9-4-5-10-19(18)25-22(26-23)15-11-12-20(28-2)21(13-15)29-3/h4-14H,1-3H3,(H,24,25,26). The summed E-state index contributed by atoms with van der Waals surface area (Å²) >= 11 is 0. The monoisotopic (exact) mass is 387 g/mol. The molecular formula is C23H21N3O3. The van der Waals surface area contributed by atoms with Crippen molar-refractivity contribution >= 4 is 22.4 Å². The lowest BCUT2D eigenvalue weighted by Gasteiger charge is -2.13. The third-order valence-electron chi connectivity index (χ3n) is 4.58. The average molecular weight is 387 g/mol. The summed E-state index contributed by atoms with van der Waals surface area (Å²) in [5.74, 6) is 3.37. The molecule has 0 aliphatic carbocycles. The number of nitrogens with zero attached hydrogens (tertiary/aromatic N) is 2. The molecule has 4 rings (SSSR count). The van der Waals surface area contributed by atoms with Gasteiger partial charge in [-0.15, -0.1) is 0 Å². The van der Waals surface area contributed by atoms with Gasteiger partial charge in [0.05, 0.1) is 26.8 Å². The van der Waals surface area contributed by atoms with Crippen molar-refractivity contribution in [2.24, 2.45) is 0 Å². The van der Waals surface area contributed by atoms with E-state index in [1.807, 2.05) is 66.7 Å². The molecule has 0 bridgehead atoms. The Morgan fingerprint density at radius 3 is 2.34 bits per heavy atom. The smallest absolute Gasteiger partial charge is 0.162 e. The van der Waals surface area contributed by atoms with Crippen LogP contribution in [0.4, 0.5) is 11.5 Å². The van der Waals surface area contributed by atoms with E-state index in [9.17, 15) is 0 Å². The van der Waals surface area contributed by atoms with E-state index in [1.165, 1.54) is 0 Å². The summed E-state index contributed by atoms with van der Waals surface area (Å²) in [5, 5.41) is 4.33. The number of fused-ring (bicyclic) bond motifs is 1. The number of nitrogens with one attached hydrogen (secondary N) is 1. The van der Waals surface area contributed by atoms with Gasteiger partial charge < -0.3 is 19.5 Å². The third-order valence-corrected chi connectivity index (χ3v) is 4.58. The third kappa shape index (κ3) is 3.78. The normalized spacial score (nSPS) is 10.6. The van der Waals surface area contributed by atoms with Crippen LogP contribution in [-0.2, 0) is 0 Å². The number of anilines is 2. The highest BCUT2D eigenvalue weighted by molar-refractivity contribution is 5.92. The summed E-state index contributed by atoms with van der Waals surface area (Å²) in [4.78, 5) is 9.53. The molecule has 3 aromatic carbocycles. The molecule has 4 aromatic rings. The second-order valence-corrected chi connectivity index (χ2v) is 6.34. The Kier molecular flexibility index (Phi) is 5.16. The molecule has 29 heavy (non-hydrogen) atoms. The zero-order chi connectivity index (χ0) is 20.2. The van der Waals surface area contributed by atoms with E-state index in [0.29, 0.717) is 23.1 Å². The molecule has 1 aromatic heterocycles. The van der Waals surface area contributed by atoms with E-state index >= 15 is 0 Å². The molecule has 6 nitrogen and oxygen atoms in total. The van der Waals surface area contributed by atoms with Crippen molar-refractivity contribution < 1.29 is 14.2 Å². The number of para-hydroxylation sites is 1. The van der Waals surface area contributed by atoms with Crippen molar-refractivity contribution in [2.75, 3.05) is 26.6 Å². The van der Waals surface area contributed by atoms with Crippen LogP contribution >= 0.6 is 0 Å². The van der Waals surface area contributed by atoms with Crippen molar-refractivity contribution in [1.82, 2.24) is 9.97 Å². The van der Waals surface area contributed by atoms with Crippen LogP contribution in [0.5, 0.6) is 17.2 Å². The van der Waals surface area contributed by atoms with Gasteiger partial charge in [0.25, 0.3) is 0 Å². The zero-order valence-electron chi connectivity index (χ0n) is 16.5. The Bertz CT molecular complexity index is 1160. The fraction of sp³-hybridized carbons (Fsp3) is 0.130. The van der Waals surface area contributed by atoms with Crippen molar-refractivity contribution in [3.05, 3.63) is 66.7 Å². The van der Waals surface area contributed by atoms with Crippen LogP contribution in [-0.4, -0.2) is 31.3 Å². The summed E-state index contributed by atoms with van der Waals surface area (Å²) in [6.07, 6.45) is 0. The molecule has 0 spiro atoms. The van der Waals surface area contributed by atoms with Crippen LogP contribution in [0, 0.1) is 0 Å². The van der Waals surface area contributed by atoms with Crippen molar-refractivity contribution in [2.45, 2.75) is 0 Å². The molecule has 1 heterocycles. The quantitative estimate of drug-likeness (QED) is 0.498. The van der Waals surface area contributed by atoms with Gasteiger partial charge in [-0.3, -0.25) is 0 Å². The molecule has 146 valence electrons. The minimum Gasteiger partial charge on any atom is -0.497 e. The molecule has 0 fully saturated rings. The largest absolute Gasteiger partial charge is 0.497 e. The fourth-order valence-electron chi connectivity index (χ4n) is 3.11. The first kappa shape index (κ1) is 18.6. The van der Waals surface area contributed by atoms with E-state index in [-0.39, 0.29) is 0 Å². The molecule has 1 N–H and O–H groups in total. The predicted octanol–water partition coefficient (Wildman–Crippen LogP) is 5.07. The van der Waals surface area contributed by atoms with E-state index in [4.69, 9.17) is 24.2 Å². The maximum absolute atomic E-state index is 5.43. The van der Waals surface area contributed by atoms with Gasteiger partial charge in [0.2, 0.25) is 0 Å². The van der Waals surface area contributed by atoms with Gasteiger partial charge in [-0.25, -0.2) is 9.97 Å². The van der Waals surface area contributed by atoms with E-state index in [2.05, 4.69) is 5.32 Å². The highest BCUT2D eigenvalue weighted by atomic mass is 16.5. The van der Waals surface area contributed by atoms with Crippen LogP contribution in [0.15, 0.2) is 66.7 Å². The van der Waals surface area contributed by atoms with Crippen LogP contribution in [0.1, 0.15) is 0 Å². The molecule has 0 radical (unpaired) electrons. The van der Waals surface area contributed by atoms with Gasteiger partial charge in [0.1, 0.15) is 11.6 Å². The van der Waals surface area contributed by atoms with E-state index < -0.39 is 0 Å². The van der Waals surface area contributed by atoms with Gasteiger partial charge in [-0.05, 0) is 42.5 Å². The Labute approximate surface area is 169 Å². The Morgan fingerprint density at radius 1 is 0.724 bits per heavy atom. The van der Waals surface area contributed by atoms with Crippen molar-refractivity contribution in [3.8, 4) is 28.6 Å². The Hall–Kier alpha value is -3.80. The lowest BCUT2D eigenvalue weighted by Crippen LogP contribution is -2.00. The van der Waals surface area contributed by atoms with Crippen molar-refractivity contribution in [1.29, 1.82) is 0 Å². The molecule has 0 atom stereocenters. The van der Waals surface area contributed by atoms with Crippen LogP contribution in [0.25, 0.3) is 22.3 Å². The number of methoxy groups -OCH3 is 3. The Balaban J connectivity index is 1.82. The van der Waals surface area contributed by atoms with Gasteiger partial charge in [-0.2, -0.15) is 0 Å². The van der Waals surface area contributed by atoms with Gasteiger partial charge in [-0.1, -0.05) is 18.2 Å². The molecule has 0 unspecified atom stereocenters. The van der Waals surface area contributed by atoms with Gasteiger partial charge in [0.15, 0.2) is 17.3 Å². The minimum absolute atomic E-state index is 0.593. The second-order valence-electron chi connectivity index (χ2n) is 6.34. The number of benzene rings is 3. The summed E-state index contributed by atoms with van der Waals surface area (Å²) in [6.45, 7) is 0. The highest BCUT2D eigenvalue weighted by Gasteiger charge is 2.12. The van der Waals surface area contributed by atoms with Gasteiger partial charge >= 0.3 is 0 Å². The lowest BCUT2D eigenvalue weighted by atomic mass is 10.1. The molecule has 0 amide bonds. The molecular weight excluding hydrogens is 366 g/mol.